The summed E-state index contributed by atoms with van der Waals surface area (Å²) in [6.07, 6.45) is 4.82. The van der Waals surface area contributed by atoms with Crippen LogP contribution in [0.2, 0.25) is 5.02 Å². The van der Waals surface area contributed by atoms with Crippen molar-refractivity contribution in [2.45, 2.75) is 6.61 Å². The minimum Gasteiger partial charge on any atom is -0.486 e. The molecule has 0 bridgehead atoms. The van der Waals surface area contributed by atoms with Gasteiger partial charge in [0.15, 0.2) is 5.82 Å². The normalized spacial score (nSPS) is 11.3. The van der Waals surface area contributed by atoms with E-state index in [4.69, 9.17) is 16.3 Å². The Labute approximate surface area is 214 Å². The smallest absolute Gasteiger partial charge is 0.333 e. The maximum atomic E-state index is 13.4. The molecule has 6 rings (SSSR count). The number of halogens is 1. The van der Waals surface area contributed by atoms with Crippen molar-refractivity contribution in [2.24, 2.45) is 7.05 Å². The fourth-order valence-corrected chi connectivity index (χ4v) is 4.52. The second kappa shape index (κ2) is 9.03. The number of H-pyrrole nitrogens is 1. The lowest BCUT2D eigenvalue weighted by Gasteiger charge is -2.11. The largest absolute Gasteiger partial charge is 0.486 e. The van der Waals surface area contributed by atoms with Crippen LogP contribution in [0.25, 0.3) is 38.5 Å². The van der Waals surface area contributed by atoms with Crippen LogP contribution in [0.5, 0.6) is 5.75 Å². The highest BCUT2D eigenvalue weighted by Gasteiger charge is 2.14. The Kier molecular flexibility index (Phi) is 5.54. The molecule has 9 nitrogen and oxygen atoms in total. The fraction of sp³-hybridized carbons (Fsp3) is 0.0741. The van der Waals surface area contributed by atoms with Crippen LogP contribution >= 0.6 is 11.6 Å². The zero-order chi connectivity index (χ0) is 25.5. The Morgan fingerprint density at radius 2 is 1.86 bits per heavy atom. The van der Waals surface area contributed by atoms with E-state index in [2.05, 4.69) is 20.1 Å². The number of ether oxygens (including phenoxy) is 1. The molecule has 37 heavy (non-hydrogen) atoms. The molecule has 3 aromatic heterocycles. The van der Waals surface area contributed by atoms with Crippen molar-refractivity contribution in [2.75, 3.05) is 0 Å². The third kappa shape index (κ3) is 4.15. The van der Waals surface area contributed by atoms with Gasteiger partial charge in [0.25, 0.3) is 5.56 Å². The summed E-state index contributed by atoms with van der Waals surface area (Å²) in [5.74, 6) is 1.14. The first-order chi connectivity index (χ1) is 18.0. The average molecular weight is 511 g/mol. The van der Waals surface area contributed by atoms with Crippen molar-refractivity contribution in [1.29, 1.82) is 0 Å². The van der Waals surface area contributed by atoms with E-state index in [9.17, 15) is 9.59 Å². The van der Waals surface area contributed by atoms with Crippen molar-refractivity contribution < 1.29 is 4.74 Å². The van der Waals surface area contributed by atoms with E-state index in [0.717, 1.165) is 20.9 Å². The molecule has 6 aromatic rings. The highest BCUT2D eigenvalue weighted by Crippen LogP contribution is 2.33. The zero-order valence-corrected chi connectivity index (χ0v) is 20.3. The van der Waals surface area contributed by atoms with Crippen LogP contribution in [0.3, 0.4) is 0 Å². The third-order valence-electron chi connectivity index (χ3n) is 6.05. The van der Waals surface area contributed by atoms with Crippen LogP contribution in [-0.2, 0) is 13.7 Å². The van der Waals surface area contributed by atoms with Gasteiger partial charge in [0.05, 0.1) is 22.8 Å². The summed E-state index contributed by atoms with van der Waals surface area (Å²) in [5.41, 5.74) is 1.24. The number of nitrogens with zero attached hydrogens (tertiary/aromatic N) is 5. The number of hydrogen-bond acceptors (Lipinski definition) is 6. The van der Waals surface area contributed by atoms with E-state index in [1.807, 2.05) is 24.3 Å². The molecule has 0 aliphatic rings. The molecule has 0 aliphatic carbocycles. The van der Waals surface area contributed by atoms with Crippen molar-refractivity contribution in [1.82, 2.24) is 29.3 Å². The zero-order valence-electron chi connectivity index (χ0n) is 19.6. The lowest BCUT2D eigenvalue weighted by molar-refractivity contribution is 0.295. The lowest BCUT2D eigenvalue weighted by atomic mass is 10.0. The molecule has 0 spiro atoms. The SMILES string of the molecule is Cn1cnc(COc2ccc(Cl)c(-c3ccc4c(=O)n(-c5cncc6ccccc56)c(=O)[nH]c4c3)c2)n1. The van der Waals surface area contributed by atoms with Gasteiger partial charge >= 0.3 is 5.69 Å². The number of fused-ring (bicyclic) bond motifs is 2. The fourth-order valence-electron chi connectivity index (χ4n) is 4.30. The van der Waals surface area contributed by atoms with Gasteiger partial charge in [0.2, 0.25) is 0 Å². The summed E-state index contributed by atoms with van der Waals surface area (Å²) in [6.45, 7) is 0.204. The van der Waals surface area contributed by atoms with Gasteiger partial charge in [-0.3, -0.25) is 14.5 Å². The van der Waals surface area contributed by atoms with Crippen LogP contribution in [0.1, 0.15) is 5.82 Å². The van der Waals surface area contributed by atoms with E-state index in [1.54, 1.807) is 60.7 Å². The first-order valence-corrected chi connectivity index (χ1v) is 11.8. The molecular formula is C27H19ClN6O3. The highest BCUT2D eigenvalue weighted by atomic mass is 35.5. The van der Waals surface area contributed by atoms with Crippen LogP contribution < -0.4 is 16.0 Å². The van der Waals surface area contributed by atoms with Crippen LogP contribution in [-0.4, -0.2) is 29.3 Å². The number of rotatable bonds is 5. The molecule has 0 fully saturated rings. The van der Waals surface area contributed by atoms with Gasteiger partial charge in [-0.05, 0) is 35.9 Å². The van der Waals surface area contributed by atoms with Crippen molar-refractivity contribution in [3.63, 3.8) is 0 Å². The van der Waals surface area contributed by atoms with Crippen LogP contribution in [0, 0.1) is 0 Å². The Morgan fingerprint density at radius 3 is 2.70 bits per heavy atom. The first kappa shape index (κ1) is 22.7. The number of pyridine rings is 1. The molecule has 0 amide bonds. The molecule has 3 aromatic carbocycles. The van der Waals surface area contributed by atoms with Crippen molar-refractivity contribution in [3.05, 3.63) is 111 Å². The Bertz CT molecular complexity index is 1920. The summed E-state index contributed by atoms with van der Waals surface area (Å²) >= 11 is 6.50. The van der Waals surface area contributed by atoms with E-state index in [0.29, 0.717) is 38.8 Å². The molecule has 3 heterocycles. The number of benzene rings is 3. The summed E-state index contributed by atoms with van der Waals surface area (Å²) in [5, 5.41) is 6.65. The standard InChI is InChI=1S/C27H19ClN6O3/c1-33-15-30-25(32-33)14-37-18-7-9-22(28)21(11-18)16-6-8-20-23(10-16)31-27(36)34(26(20)35)24-13-29-12-17-4-2-3-5-19(17)24/h2-13,15H,14H2,1H3,(H,31,36). The van der Waals surface area contributed by atoms with Gasteiger partial charge in [-0.2, -0.15) is 5.10 Å². The molecule has 0 saturated carbocycles. The number of hydrogen-bond donors (Lipinski definition) is 1. The van der Waals surface area contributed by atoms with Crippen molar-refractivity contribution in [3.8, 4) is 22.6 Å². The van der Waals surface area contributed by atoms with E-state index in [1.165, 1.54) is 6.20 Å². The summed E-state index contributed by atoms with van der Waals surface area (Å²) in [6, 6.07) is 18.0. The molecule has 0 unspecified atom stereocenters. The van der Waals surface area contributed by atoms with Crippen LogP contribution in [0.15, 0.2) is 89.0 Å². The summed E-state index contributed by atoms with van der Waals surface area (Å²) in [7, 11) is 1.79. The minimum atomic E-state index is -0.557. The Hall–Kier alpha value is -4.76. The number of aryl methyl sites for hydroxylation is 1. The van der Waals surface area contributed by atoms with Gasteiger partial charge in [-0.15, -0.1) is 0 Å². The molecule has 1 N–H and O–H groups in total. The summed E-state index contributed by atoms with van der Waals surface area (Å²) in [4.78, 5) is 37.8. The predicted octanol–water partition coefficient (Wildman–Crippen LogP) is 4.26. The molecule has 0 aliphatic heterocycles. The molecule has 0 atom stereocenters. The highest BCUT2D eigenvalue weighted by molar-refractivity contribution is 6.33. The van der Waals surface area contributed by atoms with E-state index < -0.39 is 11.2 Å². The molecule has 0 saturated heterocycles. The Balaban J connectivity index is 1.41. The maximum Gasteiger partial charge on any atom is 0.333 e. The van der Waals surface area contributed by atoms with Gasteiger partial charge in [-0.25, -0.2) is 14.3 Å². The first-order valence-electron chi connectivity index (χ1n) is 11.4. The topological polar surface area (TPSA) is 108 Å². The average Bonchev–Trinajstić information content (AvgIpc) is 3.33. The second-order valence-electron chi connectivity index (χ2n) is 8.48. The number of aromatic amines is 1. The van der Waals surface area contributed by atoms with E-state index in [-0.39, 0.29) is 6.61 Å². The van der Waals surface area contributed by atoms with E-state index >= 15 is 0 Å². The molecule has 0 radical (unpaired) electrons. The van der Waals surface area contributed by atoms with Gasteiger partial charge < -0.3 is 9.72 Å². The van der Waals surface area contributed by atoms with Gasteiger partial charge in [0.1, 0.15) is 18.7 Å². The summed E-state index contributed by atoms with van der Waals surface area (Å²) < 4.78 is 8.55. The molecule has 182 valence electrons. The monoisotopic (exact) mass is 510 g/mol. The number of nitrogens with one attached hydrogen (secondary N) is 1. The second-order valence-corrected chi connectivity index (χ2v) is 8.88. The third-order valence-corrected chi connectivity index (χ3v) is 6.38. The Morgan fingerprint density at radius 1 is 1.00 bits per heavy atom. The predicted molar refractivity (Wildman–Crippen MR) is 141 cm³/mol. The lowest BCUT2D eigenvalue weighted by Crippen LogP contribution is -2.33. The van der Waals surface area contributed by atoms with Crippen LogP contribution in [0.4, 0.5) is 0 Å². The quantitative estimate of drug-likeness (QED) is 0.371. The van der Waals surface area contributed by atoms with Crippen molar-refractivity contribution >= 4 is 33.3 Å². The van der Waals surface area contributed by atoms with Gasteiger partial charge in [0, 0.05) is 34.6 Å². The van der Waals surface area contributed by atoms with Gasteiger partial charge in [-0.1, -0.05) is 41.9 Å². The molecule has 10 heteroatoms. The maximum absolute atomic E-state index is 13.4. The number of aromatic nitrogens is 6. The minimum absolute atomic E-state index is 0.204. The molecular weight excluding hydrogens is 492 g/mol.